The lowest BCUT2D eigenvalue weighted by atomic mass is 9.81. The Hall–Kier alpha value is -4.08. The summed E-state index contributed by atoms with van der Waals surface area (Å²) in [6.07, 6.45) is 3.30. The molecule has 0 aliphatic carbocycles. The van der Waals surface area contributed by atoms with Crippen LogP contribution in [-0.2, 0) is 41.5 Å². The highest BCUT2D eigenvalue weighted by molar-refractivity contribution is 5.70. The van der Waals surface area contributed by atoms with E-state index in [-0.39, 0.29) is 56.1 Å². The van der Waals surface area contributed by atoms with Gasteiger partial charge < -0.3 is 29.6 Å². The first kappa shape index (κ1) is 37.1. The fourth-order valence-corrected chi connectivity index (χ4v) is 4.67. The third-order valence-electron chi connectivity index (χ3n) is 6.72. The zero-order chi connectivity index (χ0) is 32.8. The maximum absolute atomic E-state index is 12.5. The molecule has 0 radical (unpaired) electrons. The van der Waals surface area contributed by atoms with E-state index in [1.165, 1.54) is 0 Å². The number of esters is 2. The minimum Gasteiger partial charge on any atom is -0.466 e. The third kappa shape index (κ3) is 19.7. The number of amides is 2. The van der Waals surface area contributed by atoms with Crippen LogP contribution in [0.15, 0.2) is 60.7 Å². The monoisotopic (exact) mass is 626 g/mol. The Bertz CT molecular complexity index is 1140. The summed E-state index contributed by atoms with van der Waals surface area (Å²) in [7, 11) is 0. The summed E-state index contributed by atoms with van der Waals surface area (Å²) < 4.78 is 20.9. The molecule has 2 amide bonds. The van der Waals surface area contributed by atoms with E-state index in [1.807, 2.05) is 60.7 Å². The van der Waals surface area contributed by atoms with Crippen molar-refractivity contribution in [3.8, 4) is 0 Å². The Morgan fingerprint density at radius 1 is 0.667 bits per heavy atom. The summed E-state index contributed by atoms with van der Waals surface area (Å²) in [5.41, 5.74) is 2.09. The maximum atomic E-state index is 12.5. The van der Waals surface area contributed by atoms with Crippen molar-refractivity contribution in [2.24, 2.45) is 11.3 Å². The molecule has 0 saturated carbocycles. The van der Waals surface area contributed by atoms with Crippen molar-refractivity contribution in [1.29, 1.82) is 0 Å². The molecule has 2 rings (SSSR count). The molecule has 0 aliphatic heterocycles. The fraction of sp³-hybridized carbons (Fsp3) is 0.543. The van der Waals surface area contributed by atoms with Crippen molar-refractivity contribution >= 4 is 24.1 Å². The summed E-state index contributed by atoms with van der Waals surface area (Å²) >= 11 is 0. The molecule has 0 saturated heterocycles. The molecular weight excluding hydrogens is 576 g/mol. The molecule has 2 N–H and O–H groups in total. The van der Waals surface area contributed by atoms with Crippen LogP contribution in [0.3, 0.4) is 0 Å². The average molecular weight is 627 g/mol. The predicted molar refractivity (Wildman–Crippen MR) is 171 cm³/mol. The van der Waals surface area contributed by atoms with Gasteiger partial charge in [0, 0.05) is 38.8 Å². The van der Waals surface area contributed by atoms with E-state index in [1.54, 1.807) is 0 Å². The molecule has 10 nitrogen and oxygen atoms in total. The summed E-state index contributed by atoms with van der Waals surface area (Å²) in [5.74, 6) is -0.430. The lowest BCUT2D eigenvalue weighted by molar-refractivity contribution is -0.147. The Labute approximate surface area is 267 Å². The number of aryl methyl sites for hydroxylation is 1. The smallest absolute Gasteiger partial charge is 0.407 e. The quantitative estimate of drug-likeness (QED) is 0.0987. The molecule has 2 aromatic carbocycles. The second-order valence-electron chi connectivity index (χ2n) is 12.1. The number of alkyl carbamates (subject to hydrolysis) is 2. The van der Waals surface area contributed by atoms with Crippen molar-refractivity contribution in [2.45, 2.75) is 78.7 Å². The van der Waals surface area contributed by atoms with Gasteiger partial charge in [-0.25, -0.2) is 9.59 Å². The van der Waals surface area contributed by atoms with Gasteiger partial charge in [0.25, 0.3) is 0 Å². The van der Waals surface area contributed by atoms with Crippen LogP contribution in [0, 0.1) is 11.3 Å². The van der Waals surface area contributed by atoms with Crippen LogP contribution in [0.2, 0.25) is 0 Å². The highest BCUT2D eigenvalue weighted by atomic mass is 16.6. The molecule has 1 unspecified atom stereocenters. The second-order valence-corrected chi connectivity index (χ2v) is 12.1. The first-order valence-corrected chi connectivity index (χ1v) is 15.8. The lowest BCUT2D eigenvalue weighted by Gasteiger charge is -2.25. The molecule has 45 heavy (non-hydrogen) atoms. The van der Waals surface area contributed by atoms with Gasteiger partial charge in [0.1, 0.15) is 0 Å². The number of benzene rings is 2. The number of hydrogen-bond acceptors (Lipinski definition) is 8. The van der Waals surface area contributed by atoms with Gasteiger partial charge in [-0.1, -0.05) is 81.4 Å². The Morgan fingerprint density at radius 3 is 1.80 bits per heavy atom. The molecule has 248 valence electrons. The largest absolute Gasteiger partial charge is 0.466 e. The summed E-state index contributed by atoms with van der Waals surface area (Å²) in [6.45, 7) is 7.86. The van der Waals surface area contributed by atoms with E-state index in [2.05, 4.69) is 31.4 Å². The van der Waals surface area contributed by atoms with E-state index in [0.29, 0.717) is 45.2 Å². The molecule has 0 fully saturated rings. The molecule has 0 aliphatic rings. The highest BCUT2D eigenvalue weighted by Gasteiger charge is 2.22. The number of carbonyl (C=O) groups is 4. The number of ether oxygens (including phenoxy) is 4. The van der Waals surface area contributed by atoms with Crippen molar-refractivity contribution < 1.29 is 38.1 Å². The van der Waals surface area contributed by atoms with E-state index in [4.69, 9.17) is 18.9 Å². The van der Waals surface area contributed by atoms with Crippen molar-refractivity contribution in [2.75, 3.05) is 33.0 Å². The third-order valence-corrected chi connectivity index (χ3v) is 6.72. The summed E-state index contributed by atoms with van der Waals surface area (Å²) in [6, 6.07) is 19.3. The molecule has 0 heterocycles. The SMILES string of the molecule is CC(C)(C)CC(CCCNC(=O)OCCCOC(=O)NCc1ccccc1)CC(=O)OCCCOC(=O)CCc1ccccc1. The van der Waals surface area contributed by atoms with Crippen LogP contribution < -0.4 is 10.6 Å². The van der Waals surface area contributed by atoms with E-state index in [9.17, 15) is 19.2 Å². The maximum Gasteiger partial charge on any atom is 0.407 e. The topological polar surface area (TPSA) is 129 Å². The molecule has 0 spiro atoms. The predicted octanol–water partition coefficient (Wildman–Crippen LogP) is 6.36. The summed E-state index contributed by atoms with van der Waals surface area (Å²) in [5, 5.41) is 5.40. The van der Waals surface area contributed by atoms with Crippen LogP contribution in [0.4, 0.5) is 9.59 Å². The van der Waals surface area contributed by atoms with Crippen molar-refractivity contribution in [3.63, 3.8) is 0 Å². The average Bonchev–Trinajstić information content (AvgIpc) is 3.01. The van der Waals surface area contributed by atoms with Crippen LogP contribution in [0.1, 0.15) is 76.8 Å². The molecule has 1 atom stereocenters. The Kier molecular flexibility index (Phi) is 17.8. The summed E-state index contributed by atoms with van der Waals surface area (Å²) in [4.78, 5) is 48.2. The molecule has 0 aromatic heterocycles. The normalized spacial score (nSPS) is 11.6. The lowest BCUT2D eigenvalue weighted by Crippen LogP contribution is -2.27. The Balaban J connectivity index is 1.52. The van der Waals surface area contributed by atoms with Crippen molar-refractivity contribution in [1.82, 2.24) is 10.6 Å². The van der Waals surface area contributed by atoms with Gasteiger partial charge in [0.2, 0.25) is 0 Å². The number of carbonyl (C=O) groups excluding carboxylic acids is 4. The van der Waals surface area contributed by atoms with Crippen LogP contribution >= 0.6 is 0 Å². The first-order chi connectivity index (χ1) is 21.6. The van der Waals surface area contributed by atoms with E-state index >= 15 is 0 Å². The Morgan fingerprint density at radius 2 is 1.20 bits per heavy atom. The zero-order valence-electron chi connectivity index (χ0n) is 27.0. The van der Waals surface area contributed by atoms with Gasteiger partial charge in [0.05, 0.1) is 26.4 Å². The molecular formula is C35H50N2O8. The standard InChI is InChI=1S/C35H50N2O8/c1-35(2,3)26-30(25-32(39)43-22-11-21-42-31(38)19-18-28-13-6-4-7-14-28)17-10-20-36-33(40)44-23-12-24-45-34(41)37-27-29-15-8-5-9-16-29/h4-9,13-16,30H,10-12,17-27H2,1-3H3,(H,36,40)(H,37,41). The van der Waals surface area contributed by atoms with Crippen LogP contribution in [0.5, 0.6) is 0 Å². The number of rotatable bonds is 20. The van der Waals surface area contributed by atoms with E-state index in [0.717, 1.165) is 24.0 Å². The molecule has 10 heteroatoms. The zero-order valence-corrected chi connectivity index (χ0v) is 27.0. The van der Waals surface area contributed by atoms with Gasteiger partial charge in [-0.2, -0.15) is 0 Å². The van der Waals surface area contributed by atoms with Crippen LogP contribution in [-0.4, -0.2) is 57.1 Å². The van der Waals surface area contributed by atoms with Gasteiger partial charge >= 0.3 is 24.1 Å². The van der Waals surface area contributed by atoms with Gasteiger partial charge in [-0.05, 0) is 48.1 Å². The van der Waals surface area contributed by atoms with Gasteiger partial charge in [-0.15, -0.1) is 0 Å². The second kappa shape index (κ2) is 21.6. The van der Waals surface area contributed by atoms with E-state index < -0.39 is 12.2 Å². The number of hydrogen-bond donors (Lipinski definition) is 2. The molecule has 2 aromatic rings. The first-order valence-electron chi connectivity index (χ1n) is 15.8. The fourth-order valence-electron chi connectivity index (χ4n) is 4.67. The van der Waals surface area contributed by atoms with Crippen LogP contribution in [0.25, 0.3) is 0 Å². The minimum atomic E-state index is -0.531. The number of nitrogens with one attached hydrogen (secondary N) is 2. The highest BCUT2D eigenvalue weighted by Crippen LogP contribution is 2.29. The van der Waals surface area contributed by atoms with Crippen molar-refractivity contribution in [3.05, 3.63) is 71.8 Å². The van der Waals surface area contributed by atoms with Gasteiger partial charge in [-0.3, -0.25) is 9.59 Å². The van der Waals surface area contributed by atoms with Gasteiger partial charge in [0.15, 0.2) is 0 Å². The molecule has 0 bridgehead atoms. The minimum absolute atomic E-state index is 0.0335.